The number of hydrogen-bond acceptors (Lipinski definition) is 4. The second kappa shape index (κ2) is 11.5. The molecule has 3 aromatic rings. The molecule has 184 valence electrons. The van der Waals surface area contributed by atoms with Crippen molar-refractivity contribution in [3.8, 4) is 0 Å². The largest absolute Gasteiger partial charge is 0.378 e. The molecule has 36 heavy (non-hydrogen) atoms. The highest BCUT2D eigenvalue weighted by Gasteiger charge is 2.15. The first-order chi connectivity index (χ1) is 17.4. The maximum absolute atomic E-state index is 13.1. The summed E-state index contributed by atoms with van der Waals surface area (Å²) in [4.78, 5) is 28.0. The summed E-state index contributed by atoms with van der Waals surface area (Å²) in [5, 5.41) is 7.10. The highest BCUT2D eigenvalue weighted by Crippen LogP contribution is 2.22. The van der Waals surface area contributed by atoms with Crippen LogP contribution >= 0.6 is 0 Å². The Bertz CT molecular complexity index is 1290. The van der Waals surface area contributed by atoms with Gasteiger partial charge in [-0.2, -0.15) is 5.10 Å². The Hall–Kier alpha value is -4.19. The van der Waals surface area contributed by atoms with E-state index in [9.17, 15) is 9.59 Å². The van der Waals surface area contributed by atoms with Crippen molar-refractivity contribution in [2.75, 3.05) is 19.0 Å². The minimum atomic E-state index is -0.492. The zero-order chi connectivity index (χ0) is 25.5. The van der Waals surface area contributed by atoms with Gasteiger partial charge in [-0.1, -0.05) is 42.5 Å². The molecular formula is C30H32N4O2. The molecule has 0 aliphatic heterocycles. The van der Waals surface area contributed by atoms with Crippen LogP contribution in [0.25, 0.3) is 6.08 Å². The van der Waals surface area contributed by atoms with Gasteiger partial charge in [0.25, 0.3) is 11.8 Å². The van der Waals surface area contributed by atoms with Gasteiger partial charge in [0, 0.05) is 25.3 Å². The van der Waals surface area contributed by atoms with E-state index in [1.165, 1.54) is 24.0 Å². The third kappa shape index (κ3) is 6.27. The fraction of sp³-hybridized carbons (Fsp3) is 0.233. The summed E-state index contributed by atoms with van der Waals surface area (Å²) in [5.41, 5.74) is 9.48. The van der Waals surface area contributed by atoms with E-state index in [4.69, 9.17) is 0 Å². The Morgan fingerprint density at radius 1 is 0.861 bits per heavy atom. The van der Waals surface area contributed by atoms with Crippen molar-refractivity contribution in [2.45, 2.75) is 32.6 Å². The molecule has 1 aliphatic carbocycles. The Balaban J connectivity index is 1.55. The fourth-order valence-corrected chi connectivity index (χ4v) is 4.20. The minimum Gasteiger partial charge on any atom is -0.378 e. The van der Waals surface area contributed by atoms with Crippen LogP contribution in [0, 0.1) is 0 Å². The quantitative estimate of drug-likeness (QED) is 0.286. The SMILES string of the molecule is C/C(=N/NC(=O)/C(=C/c1ccc(N(C)C)cc1)NC(=O)c1ccccc1)c1ccc2c(c1)CCCC2. The molecule has 0 unspecified atom stereocenters. The van der Waals surface area contributed by atoms with Crippen molar-refractivity contribution < 1.29 is 9.59 Å². The standard InChI is InChI=1S/C30H32N4O2/c1-21(25-16-15-23-9-7-8-12-26(23)20-25)32-33-30(36)28(31-29(35)24-10-5-4-6-11-24)19-22-13-17-27(18-14-22)34(2)3/h4-6,10-11,13-20H,7-9,12H2,1-3H3,(H,31,35)(H,33,36)/b28-19-,32-21-. The lowest BCUT2D eigenvalue weighted by atomic mass is 9.90. The van der Waals surface area contributed by atoms with E-state index in [-0.39, 0.29) is 11.6 Å². The van der Waals surface area contributed by atoms with Crippen LogP contribution in [0.1, 0.15) is 52.4 Å². The smallest absolute Gasteiger partial charge is 0.287 e. The first-order valence-electron chi connectivity index (χ1n) is 12.2. The number of amides is 2. The van der Waals surface area contributed by atoms with E-state index in [0.29, 0.717) is 11.3 Å². The second-order valence-corrected chi connectivity index (χ2v) is 9.19. The number of fused-ring (bicyclic) bond motifs is 1. The van der Waals surface area contributed by atoms with E-state index in [2.05, 4.69) is 34.0 Å². The summed E-state index contributed by atoms with van der Waals surface area (Å²) in [5.74, 6) is -0.856. The highest BCUT2D eigenvalue weighted by atomic mass is 16.2. The van der Waals surface area contributed by atoms with Crippen molar-refractivity contribution in [3.63, 3.8) is 0 Å². The van der Waals surface area contributed by atoms with Gasteiger partial charge in [-0.15, -0.1) is 0 Å². The van der Waals surface area contributed by atoms with Gasteiger partial charge >= 0.3 is 0 Å². The van der Waals surface area contributed by atoms with Gasteiger partial charge in [-0.05, 0) is 91.3 Å². The number of rotatable bonds is 7. The molecule has 6 nitrogen and oxygen atoms in total. The normalized spacial score (nSPS) is 13.5. The zero-order valence-corrected chi connectivity index (χ0v) is 21.0. The topological polar surface area (TPSA) is 73.8 Å². The highest BCUT2D eigenvalue weighted by molar-refractivity contribution is 6.06. The molecule has 4 rings (SSSR count). The average molecular weight is 481 g/mol. The summed E-state index contributed by atoms with van der Waals surface area (Å²) in [6.07, 6.45) is 6.28. The van der Waals surface area contributed by atoms with Gasteiger partial charge in [-0.25, -0.2) is 5.43 Å². The lowest BCUT2D eigenvalue weighted by Crippen LogP contribution is -2.33. The number of anilines is 1. The molecule has 0 saturated carbocycles. The number of aryl methyl sites for hydroxylation is 2. The Labute approximate surface area is 212 Å². The molecule has 2 amide bonds. The van der Waals surface area contributed by atoms with E-state index >= 15 is 0 Å². The molecule has 0 bridgehead atoms. The molecule has 0 aromatic heterocycles. The van der Waals surface area contributed by atoms with E-state index < -0.39 is 5.91 Å². The Kier molecular flexibility index (Phi) is 7.95. The maximum Gasteiger partial charge on any atom is 0.287 e. The molecule has 1 aliphatic rings. The monoisotopic (exact) mass is 480 g/mol. The van der Waals surface area contributed by atoms with E-state index in [1.54, 1.807) is 30.3 Å². The lowest BCUT2D eigenvalue weighted by Gasteiger charge is -2.16. The third-order valence-corrected chi connectivity index (χ3v) is 6.34. The van der Waals surface area contributed by atoms with Crippen LogP contribution in [-0.2, 0) is 17.6 Å². The average Bonchev–Trinajstić information content (AvgIpc) is 2.91. The first kappa shape index (κ1) is 24.9. The minimum absolute atomic E-state index is 0.114. The van der Waals surface area contributed by atoms with Crippen molar-refractivity contribution in [1.82, 2.24) is 10.7 Å². The number of hydrogen-bond donors (Lipinski definition) is 2. The van der Waals surface area contributed by atoms with Crippen molar-refractivity contribution in [1.29, 1.82) is 0 Å². The number of benzene rings is 3. The van der Waals surface area contributed by atoms with Gasteiger partial charge in [0.1, 0.15) is 5.70 Å². The molecule has 3 aromatic carbocycles. The third-order valence-electron chi connectivity index (χ3n) is 6.34. The summed E-state index contributed by atoms with van der Waals surface area (Å²) >= 11 is 0. The van der Waals surface area contributed by atoms with E-state index in [0.717, 1.165) is 29.7 Å². The number of carbonyl (C=O) groups is 2. The zero-order valence-electron chi connectivity index (χ0n) is 21.0. The van der Waals surface area contributed by atoms with Crippen LogP contribution in [0.4, 0.5) is 5.69 Å². The first-order valence-corrected chi connectivity index (χ1v) is 12.2. The van der Waals surface area contributed by atoms with Gasteiger partial charge in [-0.3, -0.25) is 9.59 Å². The van der Waals surface area contributed by atoms with Crippen LogP contribution in [-0.4, -0.2) is 31.6 Å². The van der Waals surface area contributed by atoms with Gasteiger partial charge in [0.05, 0.1) is 5.71 Å². The number of nitrogens with one attached hydrogen (secondary N) is 2. The molecule has 0 radical (unpaired) electrons. The van der Waals surface area contributed by atoms with Crippen LogP contribution in [0.15, 0.2) is 83.6 Å². The molecule has 2 N–H and O–H groups in total. The second-order valence-electron chi connectivity index (χ2n) is 9.19. The van der Waals surface area contributed by atoms with Gasteiger partial charge in [0.2, 0.25) is 0 Å². The van der Waals surface area contributed by atoms with Crippen molar-refractivity contribution in [3.05, 3.63) is 106 Å². The molecule has 0 atom stereocenters. The summed E-state index contributed by atoms with van der Waals surface area (Å²) < 4.78 is 0. The molecule has 0 saturated heterocycles. The predicted octanol–water partition coefficient (Wildman–Crippen LogP) is 4.94. The summed E-state index contributed by atoms with van der Waals surface area (Å²) in [7, 11) is 3.93. The molecule has 0 heterocycles. The summed E-state index contributed by atoms with van der Waals surface area (Å²) in [6, 6.07) is 22.9. The molecular weight excluding hydrogens is 448 g/mol. The van der Waals surface area contributed by atoms with Crippen LogP contribution in [0.3, 0.4) is 0 Å². The Morgan fingerprint density at radius 3 is 2.25 bits per heavy atom. The van der Waals surface area contributed by atoms with Gasteiger partial charge in [0.15, 0.2) is 0 Å². The summed E-state index contributed by atoms with van der Waals surface area (Å²) in [6.45, 7) is 1.87. The Morgan fingerprint density at radius 2 is 1.56 bits per heavy atom. The number of hydrazone groups is 1. The fourth-order valence-electron chi connectivity index (χ4n) is 4.20. The number of carbonyl (C=O) groups excluding carboxylic acids is 2. The maximum atomic E-state index is 13.1. The van der Waals surface area contributed by atoms with Crippen molar-refractivity contribution >= 4 is 29.3 Å². The van der Waals surface area contributed by atoms with Crippen LogP contribution < -0.4 is 15.6 Å². The van der Waals surface area contributed by atoms with Crippen LogP contribution in [0.2, 0.25) is 0 Å². The number of nitrogens with zero attached hydrogens (tertiary/aromatic N) is 2. The lowest BCUT2D eigenvalue weighted by molar-refractivity contribution is -0.117. The molecule has 0 spiro atoms. The molecule has 6 heteroatoms. The van der Waals surface area contributed by atoms with E-state index in [1.807, 2.05) is 56.3 Å². The van der Waals surface area contributed by atoms with Gasteiger partial charge < -0.3 is 10.2 Å². The van der Waals surface area contributed by atoms with Crippen LogP contribution in [0.5, 0.6) is 0 Å². The molecule has 0 fully saturated rings. The van der Waals surface area contributed by atoms with Crippen molar-refractivity contribution in [2.24, 2.45) is 5.10 Å². The predicted molar refractivity (Wildman–Crippen MR) is 146 cm³/mol.